The van der Waals surface area contributed by atoms with E-state index in [4.69, 9.17) is 14.2 Å². The van der Waals surface area contributed by atoms with Gasteiger partial charge in [-0.1, -0.05) is 60.7 Å². The molecule has 5 nitrogen and oxygen atoms in total. The summed E-state index contributed by atoms with van der Waals surface area (Å²) in [6, 6.07) is 21.2. The highest BCUT2D eigenvalue weighted by atomic mass is 16.5. The fourth-order valence-corrected chi connectivity index (χ4v) is 2.69. The van der Waals surface area contributed by atoms with E-state index < -0.39 is 5.97 Å². The predicted molar refractivity (Wildman–Crippen MR) is 106 cm³/mol. The molecular formula is C23H23NO4. The average molecular weight is 377 g/mol. The summed E-state index contributed by atoms with van der Waals surface area (Å²) in [7, 11) is 0. The van der Waals surface area contributed by atoms with Crippen molar-refractivity contribution < 1.29 is 19.0 Å². The third-order valence-corrected chi connectivity index (χ3v) is 4.01. The van der Waals surface area contributed by atoms with Crippen LogP contribution in [0.4, 0.5) is 0 Å². The SMILES string of the molecule is CCOC(=O)c1c(OCc2ccccc2)cc(C)nc1OCc1ccccc1. The minimum atomic E-state index is -0.513. The number of rotatable bonds is 8. The number of hydrogen-bond acceptors (Lipinski definition) is 5. The number of ether oxygens (including phenoxy) is 3. The van der Waals surface area contributed by atoms with Crippen molar-refractivity contribution in [2.24, 2.45) is 0 Å². The first kappa shape index (κ1) is 19.4. The fourth-order valence-electron chi connectivity index (χ4n) is 2.69. The van der Waals surface area contributed by atoms with E-state index in [0.717, 1.165) is 11.1 Å². The summed E-state index contributed by atoms with van der Waals surface area (Å²) in [5, 5.41) is 0. The molecule has 0 fully saturated rings. The zero-order valence-corrected chi connectivity index (χ0v) is 16.1. The largest absolute Gasteiger partial charge is 0.488 e. The van der Waals surface area contributed by atoms with Gasteiger partial charge >= 0.3 is 5.97 Å². The van der Waals surface area contributed by atoms with Crippen LogP contribution in [0.2, 0.25) is 0 Å². The summed E-state index contributed by atoms with van der Waals surface area (Å²) in [5.74, 6) is 0.101. The number of carbonyl (C=O) groups excluding carboxylic acids is 1. The van der Waals surface area contributed by atoms with E-state index >= 15 is 0 Å². The molecule has 0 aliphatic carbocycles. The quantitative estimate of drug-likeness (QED) is 0.532. The van der Waals surface area contributed by atoms with Crippen molar-refractivity contribution in [1.82, 2.24) is 4.98 Å². The molecule has 1 heterocycles. The molecule has 0 radical (unpaired) electrons. The summed E-state index contributed by atoms with van der Waals surface area (Å²) in [4.78, 5) is 17.0. The van der Waals surface area contributed by atoms with Crippen LogP contribution in [0, 0.1) is 6.92 Å². The van der Waals surface area contributed by atoms with Gasteiger partial charge in [-0.3, -0.25) is 0 Å². The van der Waals surface area contributed by atoms with Crippen LogP contribution in [-0.2, 0) is 18.0 Å². The summed E-state index contributed by atoms with van der Waals surface area (Å²) in [6.45, 7) is 4.47. The number of pyridine rings is 1. The molecule has 0 unspecified atom stereocenters. The van der Waals surface area contributed by atoms with Crippen molar-refractivity contribution >= 4 is 5.97 Å². The lowest BCUT2D eigenvalue weighted by atomic mass is 10.2. The molecule has 0 aliphatic rings. The Balaban J connectivity index is 1.88. The molecule has 2 aromatic carbocycles. The Labute approximate surface area is 164 Å². The predicted octanol–water partition coefficient (Wildman–Crippen LogP) is 4.72. The van der Waals surface area contributed by atoms with E-state index in [1.54, 1.807) is 13.0 Å². The monoisotopic (exact) mass is 377 g/mol. The second-order valence-electron chi connectivity index (χ2n) is 6.21. The maximum atomic E-state index is 12.6. The highest BCUT2D eigenvalue weighted by molar-refractivity contribution is 5.95. The maximum absolute atomic E-state index is 12.6. The lowest BCUT2D eigenvalue weighted by Gasteiger charge is -2.16. The lowest BCUT2D eigenvalue weighted by Crippen LogP contribution is -2.13. The van der Waals surface area contributed by atoms with Gasteiger partial charge < -0.3 is 14.2 Å². The van der Waals surface area contributed by atoms with Gasteiger partial charge in [-0.25, -0.2) is 9.78 Å². The first-order valence-electron chi connectivity index (χ1n) is 9.19. The average Bonchev–Trinajstić information content (AvgIpc) is 2.72. The van der Waals surface area contributed by atoms with Crippen molar-refractivity contribution in [3.05, 3.63) is 89.1 Å². The van der Waals surface area contributed by atoms with E-state index in [1.165, 1.54) is 0 Å². The molecule has 28 heavy (non-hydrogen) atoms. The number of benzene rings is 2. The van der Waals surface area contributed by atoms with Gasteiger partial charge in [0.1, 0.15) is 19.0 Å². The van der Waals surface area contributed by atoms with Crippen molar-refractivity contribution in [3.8, 4) is 11.6 Å². The Kier molecular flexibility index (Phi) is 6.63. The van der Waals surface area contributed by atoms with Crippen molar-refractivity contribution in [3.63, 3.8) is 0 Å². The number of esters is 1. The highest BCUT2D eigenvalue weighted by Gasteiger charge is 2.23. The number of carbonyl (C=O) groups is 1. The zero-order valence-electron chi connectivity index (χ0n) is 16.1. The van der Waals surface area contributed by atoms with Crippen LogP contribution >= 0.6 is 0 Å². The highest BCUT2D eigenvalue weighted by Crippen LogP contribution is 2.30. The molecule has 0 N–H and O–H groups in total. The molecule has 144 valence electrons. The molecule has 3 aromatic rings. The number of nitrogens with zero attached hydrogens (tertiary/aromatic N) is 1. The second kappa shape index (κ2) is 9.55. The summed E-state index contributed by atoms with van der Waals surface area (Å²) < 4.78 is 17.0. The summed E-state index contributed by atoms with van der Waals surface area (Å²) in [6.07, 6.45) is 0. The van der Waals surface area contributed by atoms with Crippen LogP contribution in [0.15, 0.2) is 66.7 Å². The van der Waals surface area contributed by atoms with Crippen LogP contribution < -0.4 is 9.47 Å². The van der Waals surface area contributed by atoms with E-state index in [9.17, 15) is 4.79 Å². The molecule has 0 spiro atoms. The van der Waals surface area contributed by atoms with E-state index in [1.807, 2.05) is 67.6 Å². The van der Waals surface area contributed by atoms with Crippen LogP contribution in [0.1, 0.15) is 34.1 Å². The van der Waals surface area contributed by atoms with Gasteiger partial charge in [0.15, 0.2) is 5.56 Å². The fraction of sp³-hybridized carbons (Fsp3) is 0.217. The first-order chi connectivity index (χ1) is 13.7. The van der Waals surface area contributed by atoms with Crippen LogP contribution in [0.3, 0.4) is 0 Å². The Morgan fingerprint density at radius 2 is 1.46 bits per heavy atom. The Hall–Kier alpha value is -3.34. The topological polar surface area (TPSA) is 57.7 Å². The molecule has 5 heteroatoms. The molecule has 0 bridgehead atoms. The molecule has 0 aliphatic heterocycles. The smallest absolute Gasteiger partial charge is 0.347 e. The van der Waals surface area contributed by atoms with Crippen LogP contribution in [0.25, 0.3) is 0 Å². The van der Waals surface area contributed by atoms with E-state index in [2.05, 4.69) is 4.98 Å². The minimum Gasteiger partial charge on any atom is -0.488 e. The van der Waals surface area contributed by atoms with Crippen molar-refractivity contribution in [2.75, 3.05) is 6.61 Å². The van der Waals surface area contributed by atoms with Crippen molar-refractivity contribution in [2.45, 2.75) is 27.1 Å². The van der Waals surface area contributed by atoms with Crippen LogP contribution in [0.5, 0.6) is 11.6 Å². The molecule has 0 saturated heterocycles. The summed E-state index contributed by atoms with van der Waals surface area (Å²) >= 11 is 0. The molecule has 1 aromatic heterocycles. The van der Waals surface area contributed by atoms with Gasteiger partial charge in [0.05, 0.1) is 6.61 Å². The van der Waals surface area contributed by atoms with Crippen LogP contribution in [-0.4, -0.2) is 17.6 Å². The third-order valence-electron chi connectivity index (χ3n) is 4.01. The van der Waals surface area contributed by atoms with Gasteiger partial charge in [-0.15, -0.1) is 0 Å². The Bertz CT molecular complexity index is 846. The third kappa shape index (κ3) is 5.10. The molecule has 0 amide bonds. The van der Waals surface area contributed by atoms with Gasteiger partial charge in [0.2, 0.25) is 5.88 Å². The molecule has 3 rings (SSSR count). The minimum absolute atomic E-state index is 0.208. The molecule has 0 saturated carbocycles. The Morgan fingerprint density at radius 1 is 0.893 bits per heavy atom. The number of hydrogen-bond donors (Lipinski definition) is 0. The number of aryl methyl sites for hydroxylation is 1. The van der Waals surface area contributed by atoms with Gasteiger partial charge in [-0.05, 0) is 25.0 Å². The molecular weight excluding hydrogens is 354 g/mol. The van der Waals surface area contributed by atoms with E-state index in [-0.39, 0.29) is 18.1 Å². The second-order valence-corrected chi connectivity index (χ2v) is 6.21. The van der Waals surface area contributed by atoms with Gasteiger partial charge in [-0.2, -0.15) is 0 Å². The van der Waals surface area contributed by atoms with Crippen molar-refractivity contribution in [1.29, 1.82) is 0 Å². The Morgan fingerprint density at radius 3 is 2.04 bits per heavy atom. The first-order valence-corrected chi connectivity index (χ1v) is 9.19. The summed E-state index contributed by atoms with van der Waals surface area (Å²) in [5.41, 5.74) is 2.88. The van der Waals surface area contributed by atoms with Gasteiger partial charge in [0.25, 0.3) is 0 Å². The number of aromatic nitrogens is 1. The zero-order chi connectivity index (χ0) is 19.8. The molecule has 0 atom stereocenters. The standard InChI is InChI=1S/C23H23NO4/c1-3-26-23(25)21-20(27-15-18-10-6-4-7-11-18)14-17(2)24-22(21)28-16-19-12-8-5-9-13-19/h4-14H,3,15-16H2,1-2H3. The normalized spacial score (nSPS) is 10.4. The lowest BCUT2D eigenvalue weighted by molar-refractivity contribution is 0.0514. The van der Waals surface area contributed by atoms with E-state index in [0.29, 0.717) is 24.7 Å². The van der Waals surface area contributed by atoms with Gasteiger partial charge in [0, 0.05) is 11.8 Å². The maximum Gasteiger partial charge on any atom is 0.347 e.